The van der Waals surface area contributed by atoms with Crippen LogP contribution in [0.4, 0.5) is 0 Å². The number of benzene rings is 1. The lowest BCUT2D eigenvalue weighted by Gasteiger charge is -2.04. The summed E-state index contributed by atoms with van der Waals surface area (Å²) in [6.07, 6.45) is 3.14. The van der Waals surface area contributed by atoms with Gasteiger partial charge in [0.05, 0.1) is 5.71 Å². The fourth-order valence-corrected chi connectivity index (χ4v) is 1.52. The highest BCUT2D eigenvalue weighted by Gasteiger charge is 2.03. The average Bonchev–Trinajstić information content (AvgIpc) is 2.44. The van der Waals surface area contributed by atoms with Crippen molar-refractivity contribution in [1.82, 2.24) is 0 Å². The van der Waals surface area contributed by atoms with Crippen molar-refractivity contribution in [2.24, 2.45) is 10.3 Å². The lowest BCUT2D eigenvalue weighted by Crippen LogP contribution is -2.06. The zero-order valence-electron chi connectivity index (χ0n) is 12.1. The predicted octanol–water partition coefficient (Wildman–Crippen LogP) is 2.48. The highest BCUT2D eigenvalue weighted by Crippen LogP contribution is 2.05. The van der Waals surface area contributed by atoms with E-state index in [1.165, 1.54) is 20.1 Å². The minimum absolute atomic E-state index is 0.464. The summed E-state index contributed by atoms with van der Waals surface area (Å²) in [7, 11) is 0. The molecule has 6 heteroatoms. The summed E-state index contributed by atoms with van der Waals surface area (Å²) in [6, 6.07) is 9.73. The quantitative estimate of drug-likeness (QED) is 0.439. The molecule has 0 aliphatic carbocycles. The second-order valence-electron chi connectivity index (χ2n) is 4.31. The summed E-state index contributed by atoms with van der Waals surface area (Å²) < 4.78 is 0. The van der Waals surface area contributed by atoms with Crippen molar-refractivity contribution in [3.63, 3.8) is 0 Å². The van der Waals surface area contributed by atoms with Gasteiger partial charge in [-0.05, 0) is 18.4 Å². The van der Waals surface area contributed by atoms with E-state index in [4.69, 9.17) is 4.84 Å². The van der Waals surface area contributed by atoms with Gasteiger partial charge in [0.15, 0.2) is 0 Å². The highest BCUT2D eigenvalue weighted by molar-refractivity contribution is 5.88. The van der Waals surface area contributed by atoms with Crippen molar-refractivity contribution in [2.75, 3.05) is 0 Å². The number of oxime groups is 2. The average molecular weight is 290 g/mol. The Balaban J connectivity index is 2.56. The van der Waals surface area contributed by atoms with Crippen molar-refractivity contribution in [3.8, 4) is 0 Å². The summed E-state index contributed by atoms with van der Waals surface area (Å²) >= 11 is 0. The van der Waals surface area contributed by atoms with E-state index < -0.39 is 11.9 Å². The third kappa shape index (κ3) is 8.30. The van der Waals surface area contributed by atoms with Gasteiger partial charge in [-0.1, -0.05) is 40.6 Å². The lowest BCUT2D eigenvalue weighted by molar-refractivity contribution is -0.141. The Morgan fingerprint density at radius 2 is 1.76 bits per heavy atom. The van der Waals surface area contributed by atoms with E-state index in [1.54, 1.807) is 0 Å². The van der Waals surface area contributed by atoms with E-state index in [1.807, 2.05) is 30.3 Å². The number of carbonyl (C=O) groups is 2. The molecule has 0 amide bonds. The number of hydrogen-bond acceptors (Lipinski definition) is 6. The van der Waals surface area contributed by atoms with Crippen molar-refractivity contribution < 1.29 is 19.3 Å². The van der Waals surface area contributed by atoms with Crippen molar-refractivity contribution >= 4 is 23.9 Å². The molecule has 0 saturated carbocycles. The largest absolute Gasteiger partial charge is 0.331 e. The van der Waals surface area contributed by atoms with Crippen LogP contribution in [-0.2, 0) is 25.7 Å². The van der Waals surface area contributed by atoms with Crippen LogP contribution in [0.25, 0.3) is 0 Å². The van der Waals surface area contributed by atoms with Crippen LogP contribution >= 0.6 is 0 Å². The zero-order valence-corrected chi connectivity index (χ0v) is 12.1. The van der Waals surface area contributed by atoms with Crippen LogP contribution in [0.3, 0.4) is 0 Å². The first-order valence-corrected chi connectivity index (χ1v) is 6.54. The molecule has 1 aromatic carbocycles. The van der Waals surface area contributed by atoms with Gasteiger partial charge in [-0.2, -0.15) is 0 Å². The van der Waals surface area contributed by atoms with Gasteiger partial charge in [0.25, 0.3) is 0 Å². The first kappa shape index (κ1) is 16.6. The minimum atomic E-state index is -0.468. The van der Waals surface area contributed by atoms with Gasteiger partial charge in [-0.3, -0.25) is 0 Å². The topological polar surface area (TPSA) is 77.3 Å². The van der Waals surface area contributed by atoms with Gasteiger partial charge in [0.2, 0.25) is 0 Å². The summed E-state index contributed by atoms with van der Waals surface area (Å²) in [5.41, 5.74) is 1.78. The van der Waals surface area contributed by atoms with Gasteiger partial charge in [-0.25, -0.2) is 9.59 Å². The van der Waals surface area contributed by atoms with Crippen LogP contribution in [0, 0.1) is 0 Å². The predicted molar refractivity (Wildman–Crippen MR) is 78.8 cm³/mol. The molecule has 0 aliphatic heterocycles. The molecule has 0 aromatic heterocycles. The Kier molecular flexibility index (Phi) is 7.42. The van der Waals surface area contributed by atoms with E-state index in [0.29, 0.717) is 25.0 Å². The SMILES string of the molecule is CC(=O)ON=CCCC(Cc1ccccc1)=NOC(C)=O. The summed E-state index contributed by atoms with van der Waals surface area (Å²) in [5.74, 6) is -0.932. The molecule has 21 heavy (non-hydrogen) atoms. The second-order valence-corrected chi connectivity index (χ2v) is 4.31. The molecule has 0 N–H and O–H groups in total. The first-order valence-electron chi connectivity index (χ1n) is 6.54. The molecule has 0 saturated heterocycles. The van der Waals surface area contributed by atoms with Crippen LogP contribution in [0.5, 0.6) is 0 Å². The maximum absolute atomic E-state index is 10.8. The Morgan fingerprint density at radius 3 is 2.38 bits per heavy atom. The summed E-state index contributed by atoms with van der Waals surface area (Å²) in [4.78, 5) is 30.5. The molecule has 112 valence electrons. The lowest BCUT2D eigenvalue weighted by atomic mass is 10.1. The molecule has 0 heterocycles. The van der Waals surface area contributed by atoms with Gasteiger partial charge in [0.1, 0.15) is 0 Å². The number of carbonyl (C=O) groups excluding carboxylic acids is 2. The van der Waals surface area contributed by atoms with Crippen LogP contribution in [0.2, 0.25) is 0 Å². The van der Waals surface area contributed by atoms with Crippen LogP contribution in [-0.4, -0.2) is 23.9 Å². The van der Waals surface area contributed by atoms with Crippen LogP contribution in [0.1, 0.15) is 32.3 Å². The maximum atomic E-state index is 10.8. The Labute approximate surface area is 123 Å². The van der Waals surface area contributed by atoms with E-state index in [9.17, 15) is 9.59 Å². The molecule has 0 radical (unpaired) electrons. The van der Waals surface area contributed by atoms with Crippen molar-refractivity contribution in [2.45, 2.75) is 33.1 Å². The van der Waals surface area contributed by atoms with E-state index in [2.05, 4.69) is 15.1 Å². The monoisotopic (exact) mass is 290 g/mol. The Hall–Kier alpha value is -2.50. The smallest absolute Gasteiger partial charge is 0.319 e. The fraction of sp³-hybridized carbons (Fsp3) is 0.333. The van der Waals surface area contributed by atoms with E-state index >= 15 is 0 Å². The Morgan fingerprint density at radius 1 is 1.10 bits per heavy atom. The summed E-state index contributed by atoms with van der Waals surface area (Å²) in [6.45, 7) is 2.58. The van der Waals surface area contributed by atoms with Gasteiger partial charge >= 0.3 is 11.9 Å². The molecule has 0 atom stereocenters. The molecule has 0 unspecified atom stereocenters. The van der Waals surface area contributed by atoms with Gasteiger partial charge in [-0.15, -0.1) is 0 Å². The standard InChI is InChI=1S/C15H18N2O4/c1-12(18)20-16-10-6-9-15(17-21-13(2)19)11-14-7-4-3-5-8-14/h3-5,7-8,10H,6,9,11H2,1-2H3. The molecule has 0 bridgehead atoms. The second kappa shape index (κ2) is 9.41. The van der Waals surface area contributed by atoms with Crippen LogP contribution in [0.15, 0.2) is 40.6 Å². The number of rotatable bonds is 7. The van der Waals surface area contributed by atoms with Gasteiger partial charge < -0.3 is 9.68 Å². The van der Waals surface area contributed by atoms with Crippen molar-refractivity contribution in [1.29, 1.82) is 0 Å². The molecular weight excluding hydrogens is 272 g/mol. The molecule has 1 rings (SSSR count). The molecule has 6 nitrogen and oxygen atoms in total. The van der Waals surface area contributed by atoms with E-state index in [0.717, 1.165) is 5.56 Å². The highest BCUT2D eigenvalue weighted by atomic mass is 16.7. The molecular formula is C15H18N2O4. The number of hydrogen-bond donors (Lipinski definition) is 0. The molecule has 1 aromatic rings. The number of nitrogens with zero attached hydrogens (tertiary/aromatic N) is 2. The zero-order chi connectivity index (χ0) is 15.5. The molecule has 0 fully saturated rings. The Bertz CT molecular complexity index is 524. The third-order valence-corrected chi connectivity index (χ3v) is 2.37. The van der Waals surface area contributed by atoms with Crippen LogP contribution < -0.4 is 0 Å². The van der Waals surface area contributed by atoms with Crippen molar-refractivity contribution in [3.05, 3.63) is 35.9 Å². The first-order chi connectivity index (χ1) is 10.1. The third-order valence-electron chi connectivity index (χ3n) is 2.37. The van der Waals surface area contributed by atoms with Gasteiger partial charge in [0, 0.05) is 26.5 Å². The normalized spacial score (nSPS) is 11.4. The fourth-order valence-electron chi connectivity index (χ4n) is 1.52. The molecule has 0 aliphatic rings. The van der Waals surface area contributed by atoms with E-state index in [-0.39, 0.29) is 0 Å². The minimum Gasteiger partial charge on any atom is -0.319 e. The molecule has 0 spiro atoms. The maximum Gasteiger partial charge on any atom is 0.331 e. The summed E-state index contributed by atoms with van der Waals surface area (Å²) in [5, 5.41) is 7.36.